The van der Waals surface area contributed by atoms with Crippen molar-refractivity contribution >= 4 is 11.5 Å². The lowest BCUT2D eigenvalue weighted by molar-refractivity contribution is -0.384. The molecule has 0 bridgehead atoms. The Morgan fingerprint density at radius 2 is 2.10 bits per heavy atom. The van der Waals surface area contributed by atoms with Crippen molar-refractivity contribution in [2.45, 2.75) is 19.8 Å². The van der Waals surface area contributed by atoms with Gasteiger partial charge in [-0.25, -0.2) is 15.8 Å². The second-order valence-electron chi connectivity index (χ2n) is 4.24. The number of nitrogens with one attached hydrogen (secondary N) is 1. The van der Waals surface area contributed by atoms with Crippen LogP contribution in [-0.4, -0.2) is 14.9 Å². The Hall–Kier alpha value is -2.54. The van der Waals surface area contributed by atoms with Gasteiger partial charge >= 0.3 is 0 Å². The lowest BCUT2D eigenvalue weighted by atomic mass is 10.1. The molecule has 0 aliphatic rings. The number of hydrogen-bond donors (Lipinski definition) is 2. The largest absolute Gasteiger partial charge is 0.308 e. The van der Waals surface area contributed by atoms with Crippen LogP contribution in [-0.2, 0) is 6.42 Å². The van der Waals surface area contributed by atoms with E-state index in [0.717, 1.165) is 18.5 Å². The van der Waals surface area contributed by atoms with E-state index in [1.165, 1.54) is 6.07 Å². The lowest BCUT2D eigenvalue weighted by Gasteiger charge is -2.07. The number of nitrogens with zero attached hydrogens (tertiary/aromatic N) is 3. The number of rotatable bonds is 5. The van der Waals surface area contributed by atoms with Crippen molar-refractivity contribution in [3.05, 3.63) is 46.1 Å². The molecule has 7 heteroatoms. The Kier molecular flexibility index (Phi) is 4.21. The Balaban J connectivity index is 2.57. The maximum Gasteiger partial charge on any atom is 0.280 e. The highest BCUT2D eigenvalue weighted by molar-refractivity contribution is 5.68. The van der Waals surface area contributed by atoms with Gasteiger partial charge in [-0.3, -0.25) is 10.1 Å². The molecule has 0 unspecified atom stereocenters. The third-order valence-corrected chi connectivity index (χ3v) is 2.77. The lowest BCUT2D eigenvalue weighted by Crippen LogP contribution is -2.11. The van der Waals surface area contributed by atoms with E-state index in [1.54, 1.807) is 24.3 Å². The smallest absolute Gasteiger partial charge is 0.280 e. The van der Waals surface area contributed by atoms with Crippen molar-refractivity contribution in [2.24, 2.45) is 5.84 Å². The number of aromatic nitrogens is 2. The van der Waals surface area contributed by atoms with Crippen molar-refractivity contribution in [2.75, 3.05) is 5.43 Å². The zero-order chi connectivity index (χ0) is 14.5. The van der Waals surface area contributed by atoms with Crippen LogP contribution in [0.5, 0.6) is 0 Å². The van der Waals surface area contributed by atoms with Gasteiger partial charge in [0.05, 0.1) is 10.5 Å². The molecule has 1 aromatic carbocycles. The topological polar surface area (TPSA) is 107 Å². The number of benzene rings is 1. The average molecular weight is 273 g/mol. The summed E-state index contributed by atoms with van der Waals surface area (Å²) in [6.07, 6.45) is 1.67. The van der Waals surface area contributed by atoms with Crippen LogP contribution in [0.3, 0.4) is 0 Å². The molecule has 1 aromatic heterocycles. The number of nitrogens with two attached hydrogens (primary N) is 1. The normalized spacial score (nSPS) is 10.3. The van der Waals surface area contributed by atoms with E-state index in [1.807, 2.05) is 6.92 Å². The maximum atomic E-state index is 11.1. The fraction of sp³-hybridized carbons (Fsp3) is 0.231. The minimum atomic E-state index is -0.444. The minimum absolute atomic E-state index is 0.0240. The van der Waals surface area contributed by atoms with Gasteiger partial charge in [-0.1, -0.05) is 25.5 Å². The van der Waals surface area contributed by atoms with Gasteiger partial charge in [-0.15, -0.1) is 0 Å². The van der Waals surface area contributed by atoms with Crippen LogP contribution in [0.1, 0.15) is 19.0 Å². The van der Waals surface area contributed by atoms with E-state index >= 15 is 0 Å². The molecule has 1 heterocycles. The molecular formula is C13H15N5O2. The third kappa shape index (κ3) is 2.89. The van der Waals surface area contributed by atoms with E-state index in [2.05, 4.69) is 15.4 Å². The minimum Gasteiger partial charge on any atom is -0.308 e. The first-order chi connectivity index (χ1) is 9.65. The molecular weight excluding hydrogens is 258 g/mol. The highest BCUT2D eigenvalue weighted by Crippen LogP contribution is 2.27. The van der Waals surface area contributed by atoms with Crippen LogP contribution in [0.2, 0.25) is 0 Å². The first-order valence-electron chi connectivity index (χ1n) is 6.24. The summed E-state index contributed by atoms with van der Waals surface area (Å²) in [6, 6.07) is 8.12. The first-order valence-corrected chi connectivity index (χ1v) is 6.24. The molecule has 7 nitrogen and oxygen atoms in total. The predicted octanol–water partition coefficient (Wildman–Crippen LogP) is 2.29. The second kappa shape index (κ2) is 6.07. The fourth-order valence-corrected chi connectivity index (χ4v) is 1.90. The molecule has 2 aromatic rings. The van der Waals surface area contributed by atoms with Crippen molar-refractivity contribution in [1.29, 1.82) is 0 Å². The quantitative estimate of drug-likeness (QED) is 0.491. The molecule has 0 aliphatic carbocycles. The van der Waals surface area contributed by atoms with Crippen LogP contribution >= 0.6 is 0 Å². The monoisotopic (exact) mass is 273 g/mol. The van der Waals surface area contributed by atoms with E-state index in [0.29, 0.717) is 17.2 Å². The van der Waals surface area contributed by atoms with Crippen LogP contribution < -0.4 is 11.3 Å². The molecule has 0 aliphatic heterocycles. The summed E-state index contributed by atoms with van der Waals surface area (Å²) >= 11 is 0. The van der Waals surface area contributed by atoms with Crippen molar-refractivity contribution < 1.29 is 4.92 Å². The number of anilines is 1. The number of nitro benzene ring substituents is 1. The van der Waals surface area contributed by atoms with E-state index in [4.69, 9.17) is 5.84 Å². The first kappa shape index (κ1) is 13.9. The van der Waals surface area contributed by atoms with E-state index in [-0.39, 0.29) is 5.69 Å². The van der Waals surface area contributed by atoms with Crippen LogP contribution in [0.4, 0.5) is 11.5 Å². The van der Waals surface area contributed by atoms with Crippen molar-refractivity contribution in [3.63, 3.8) is 0 Å². The molecule has 0 fully saturated rings. The van der Waals surface area contributed by atoms with Crippen molar-refractivity contribution in [1.82, 2.24) is 9.97 Å². The highest BCUT2D eigenvalue weighted by Gasteiger charge is 2.17. The Morgan fingerprint density at radius 1 is 1.35 bits per heavy atom. The number of hydrogen-bond acceptors (Lipinski definition) is 6. The van der Waals surface area contributed by atoms with Crippen LogP contribution in [0, 0.1) is 10.1 Å². The molecule has 3 N–H and O–H groups in total. The molecule has 0 saturated carbocycles. The summed E-state index contributed by atoms with van der Waals surface area (Å²) < 4.78 is 0. The molecule has 0 saturated heterocycles. The zero-order valence-corrected chi connectivity index (χ0v) is 11.0. The summed E-state index contributed by atoms with van der Waals surface area (Å²) in [6.45, 7) is 2.03. The predicted molar refractivity (Wildman–Crippen MR) is 75.9 cm³/mol. The number of hydrazine groups is 1. The number of aryl methyl sites for hydroxylation is 1. The molecule has 104 valence electrons. The molecule has 0 radical (unpaired) electrons. The average Bonchev–Trinajstić information content (AvgIpc) is 2.47. The SMILES string of the molecule is CCCc1cc(NN)nc(-c2ccccc2[N+](=O)[O-])n1. The fourth-order valence-electron chi connectivity index (χ4n) is 1.90. The summed E-state index contributed by atoms with van der Waals surface area (Å²) in [5.41, 5.74) is 3.62. The summed E-state index contributed by atoms with van der Waals surface area (Å²) in [5, 5.41) is 11.1. The van der Waals surface area contributed by atoms with Gasteiger partial charge in [0.15, 0.2) is 5.82 Å². The molecule has 2 rings (SSSR count). The molecule has 0 amide bonds. The second-order valence-corrected chi connectivity index (χ2v) is 4.24. The van der Waals surface area contributed by atoms with E-state index < -0.39 is 4.92 Å². The van der Waals surface area contributed by atoms with Gasteiger partial charge in [0, 0.05) is 17.8 Å². The Labute approximate surface area is 116 Å². The van der Waals surface area contributed by atoms with Gasteiger partial charge in [0.1, 0.15) is 5.82 Å². The van der Waals surface area contributed by atoms with Crippen LogP contribution in [0.15, 0.2) is 30.3 Å². The summed E-state index contributed by atoms with van der Waals surface area (Å²) in [4.78, 5) is 19.2. The van der Waals surface area contributed by atoms with Gasteiger partial charge in [-0.2, -0.15) is 0 Å². The van der Waals surface area contributed by atoms with Gasteiger partial charge in [-0.05, 0) is 12.5 Å². The molecule has 0 spiro atoms. The van der Waals surface area contributed by atoms with Crippen LogP contribution in [0.25, 0.3) is 11.4 Å². The Morgan fingerprint density at radius 3 is 2.75 bits per heavy atom. The zero-order valence-electron chi connectivity index (χ0n) is 11.0. The number of nitro groups is 1. The Bertz CT molecular complexity index is 630. The van der Waals surface area contributed by atoms with Gasteiger partial charge in [0.2, 0.25) is 0 Å². The number of nitrogen functional groups attached to an aromatic ring is 1. The number of para-hydroxylation sites is 1. The molecule has 20 heavy (non-hydrogen) atoms. The standard InChI is InChI=1S/C13H15N5O2/c1-2-5-9-8-12(17-14)16-13(15-9)10-6-3-4-7-11(10)18(19)20/h3-4,6-8H,2,5,14H2,1H3,(H,15,16,17). The third-order valence-electron chi connectivity index (χ3n) is 2.77. The van der Waals surface area contributed by atoms with Crippen molar-refractivity contribution in [3.8, 4) is 11.4 Å². The van der Waals surface area contributed by atoms with Gasteiger partial charge < -0.3 is 5.43 Å². The summed E-state index contributed by atoms with van der Waals surface area (Å²) in [5.74, 6) is 6.13. The maximum absolute atomic E-state index is 11.1. The molecule has 0 atom stereocenters. The van der Waals surface area contributed by atoms with E-state index in [9.17, 15) is 10.1 Å². The van der Waals surface area contributed by atoms with Gasteiger partial charge in [0.25, 0.3) is 5.69 Å². The highest BCUT2D eigenvalue weighted by atomic mass is 16.6. The summed E-state index contributed by atoms with van der Waals surface area (Å²) in [7, 11) is 0.